The number of halogens is 3. The fraction of sp³-hybridized carbons (Fsp3) is 0.474. The lowest BCUT2D eigenvalue weighted by Gasteiger charge is -2.17. The van der Waals surface area contributed by atoms with Crippen LogP contribution in [0, 0.1) is 6.92 Å². The Morgan fingerprint density at radius 1 is 1.31 bits per heavy atom. The number of carbonyl (C=O) groups excluding carboxylic acids is 1. The topological polar surface area (TPSA) is 80.7 Å². The van der Waals surface area contributed by atoms with Crippen LogP contribution in [0.15, 0.2) is 24.3 Å². The first-order valence-electron chi connectivity index (χ1n) is 8.84. The fourth-order valence-electron chi connectivity index (χ4n) is 2.59. The molecule has 2 unspecified atom stereocenters. The molecule has 6 nitrogen and oxygen atoms in total. The summed E-state index contributed by atoms with van der Waals surface area (Å²) < 4.78 is 48.0. The van der Waals surface area contributed by atoms with E-state index in [4.69, 9.17) is 4.74 Å². The Kier molecular flexibility index (Phi) is 8.00. The van der Waals surface area contributed by atoms with Crippen LogP contribution < -0.4 is 10.1 Å². The van der Waals surface area contributed by atoms with Crippen molar-refractivity contribution in [2.45, 2.75) is 38.6 Å². The van der Waals surface area contributed by atoms with E-state index in [1.54, 1.807) is 12.1 Å². The molecule has 0 bridgehead atoms. The standard InChI is InChI=1S/C19H23F3N2O4S/c1-11(8-13-4-6-14(7-5-13)28-10-16(26)27-3)23-9-15(25)17-12(2)24-18(29-17)19(20,21)22/h4-7,11,15,23,25H,8-10H2,1-3H3. The molecule has 29 heavy (non-hydrogen) atoms. The average molecular weight is 432 g/mol. The number of nitrogens with one attached hydrogen (secondary N) is 1. The van der Waals surface area contributed by atoms with Gasteiger partial charge in [-0.1, -0.05) is 12.1 Å². The smallest absolute Gasteiger partial charge is 0.443 e. The van der Waals surface area contributed by atoms with E-state index in [9.17, 15) is 23.1 Å². The van der Waals surface area contributed by atoms with Gasteiger partial charge in [0.15, 0.2) is 11.6 Å². The maximum Gasteiger partial charge on any atom is 0.443 e. The fourth-order valence-corrected chi connectivity index (χ4v) is 3.51. The van der Waals surface area contributed by atoms with Gasteiger partial charge in [0.2, 0.25) is 0 Å². The number of thiazole rings is 1. The number of methoxy groups -OCH3 is 1. The highest BCUT2D eigenvalue weighted by Gasteiger charge is 2.36. The van der Waals surface area contributed by atoms with Crippen LogP contribution in [0.5, 0.6) is 5.75 Å². The highest BCUT2D eigenvalue weighted by molar-refractivity contribution is 7.11. The summed E-state index contributed by atoms with van der Waals surface area (Å²) >= 11 is 0.467. The summed E-state index contributed by atoms with van der Waals surface area (Å²) in [4.78, 5) is 14.8. The van der Waals surface area contributed by atoms with Gasteiger partial charge >= 0.3 is 12.1 Å². The van der Waals surface area contributed by atoms with Gasteiger partial charge in [0.05, 0.1) is 17.7 Å². The second-order valence-corrected chi connectivity index (χ2v) is 7.54. The van der Waals surface area contributed by atoms with Gasteiger partial charge in [-0.15, -0.1) is 11.3 Å². The lowest BCUT2D eigenvalue weighted by atomic mass is 10.1. The van der Waals surface area contributed by atoms with E-state index >= 15 is 0 Å². The maximum absolute atomic E-state index is 12.8. The summed E-state index contributed by atoms with van der Waals surface area (Å²) in [7, 11) is 1.28. The Morgan fingerprint density at radius 2 is 1.97 bits per heavy atom. The SMILES string of the molecule is COC(=O)COc1ccc(CC(C)NCC(O)c2sc(C(F)(F)F)nc2C)cc1. The molecule has 2 aromatic rings. The highest BCUT2D eigenvalue weighted by atomic mass is 32.1. The van der Waals surface area contributed by atoms with Crippen molar-refractivity contribution >= 4 is 17.3 Å². The van der Waals surface area contributed by atoms with Crippen LogP contribution in [0.25, 0.3) is 0 Å². The number of benzene rings is 1. The Balaban J connectivity index is 1.84. The Hall–Kier alpha value is -2.17. The van der Waals surface area contributed by atoms with Gasteiger partial charge in [-0.3, -0.25) is 0 Å². The molecule has 0 radical (unpaired) electrons. The molecule has 2 atom stereocenters. The quantitative estimate of drug-likeness (QED) is 0.592. The first kappa shape index (κ1) is 23.1. The van der Waals surface area contributed by atoms with Crippen molar-refractivity contribution in [3.8, 4) is 5.75 Å². The molecule has 2 N–H and O–H groups in total. The largest absolute Gasteiger partial charge is 0.482 e. The number of rotatable bonds is 9. The molecule has 0 spiro atoms. The van der Waals surface area contributed by atoms with Gasteiger partial charge in [-0.05, 0) is 38.0 Å². The molecule has 2 rings (SSSR count). The monoisotopic (exact) mass is 432 g/mol. The van der Waals surface area contributed by atoms with Crippen LogP contribution in [0.1, 0.15) is 34.2 Å². The van der Waals surface area contributed by atoms with Crippen LogP contribution in [-0.2, 0) is 22.1 Å². The average Bonchev–Trinajstić information content (AvgIpc) is 3.07. The molecule has 1 aromatic carbocycles. The maximum atomic E-state index is 12.8. The van der Waals surface area contributed by atoms with Crippen molar-refractivity contribution in [1.82, 2.24) is 10.3 Å². The number of nitrogens with zero attached hydrogens (tertiary/aromatic N) is 1. The molecule has 0 aliphatic heterocycles. The van der Waals surface area contributed by atoms with Crippen molar-refractivity contribution in [1.29, 1.82) is 0 Å². The van der Waals surface area contributed by atoms with Gasteiger partial charge in [0, 0.05) is 12.6 Å². The number of aromatic nitrogens is 1. The van der Waals surface area contributed by atoms with Crippen LogP contribution in [0.2, 0.25) is 0 Å². The number of aliphatic hydroxyl groups is 1. The molecule has 0 saturated carbocycles. The predicted molar refractivity (Wildman–Crippen MR) is 102 cm³/mol. The van der Waals surface area contributed by atoms with E-state index in [1.807, 2.05) is 19.1 Å². The summed E-state index contributed by atoms with van der Waals surface area (Å²) in [5.41, 5.74) is 1.19. The molecule has 0 aliphatic carbocycles. The minimum Gasteiger partial charge on any atom is -0.482 e. The third-order valence-electron chi connectivity index (χ3n) is 4.09. The van der Waals surface area contributed by atoms with Crippen molar-refractivity contribution in [3.05, 3.63) is 45.4 Å². The van der Waals surface area contributed by atoms with Crippen LogP contribution in [-0.4, -0.2) is 42.4 Å². The van der Waals surface area contributed by atoms with Crippen molar-refractivity contribution < 1.29 is 32.5 Å². The molecule has 160 valence electrons. The first-order chi connectivity index (χ1) is 13.6. The van der Waals surface area contributed by atoms with Crippen molar-refractivity contribution in [3.63, 3.8) is 0 Å². The van der Waals surface area contributed by atoms with Crippen molar-refractivity contribution in [2.24, 2.45) is 0 Å². The van der Waals surface area contributed by atoms with Gasteiger partial charge < -0.3 is 19.9 Å². The minimum absolute atomic E-state index is 0.0261. The summed E-state index contributed by atoms with van der Waals surface area (Å²) in [6.45, 7) is 3.31. The number of aryl methyl sites for hydroxylation is 1. The molecule has 0 fully saturated rings. The summed E-state index contributed by atoms with van der Waals surface area (Å²) in [5, 5.41) is 12.4. The molecule has 0 aliphatic rings. The number of alkyl halides is 3. The zero-order chi connectivity index (χ0) is 21.6. The third kappa shape index (κ3) is 6.98. The number of aliphatic hydroxyl groups excluding tert-OH is 1. The van der Waals surface area contributed by atoms with E-state index in [-0.39, 0.29) is 29.8 Å². The number of ether oxygens (including phenoxy) is 2. The molecular weight excluding hydrogens is 409 g/mol. The van der Waals surface area contributed by atoms with Crippen molar-refractivity contribution in [2.75, 3.05) is 20.3 Å². The van der Waals surface area contributed by atoms with Crippen LogP contribution in [0.3, 0.4) is 0 Å². The Morgan fingerprint density at radius 3 is 2.52 bits per heavy atom. The molecular formula is C19H23F3N2O4S. The molecule has 0 amide bonds. The van der Waals surface area contributed by atoms with E-state index in [1.165, 1.54) is 14.0 Å². The lowest BCUT2D eigenvalue weighted by Crippen LogP contribution is -2.32. The zero-order valence-electron chi connectivity index (χ0n) is 16.2. The van der Waals surface area contributed by atoms with E-state index in [0.29, 0.717) is 23.5 Å². The number of esters is 1. The third-order valence-corrected chi connectivity index (χ3v) is 5.39. The minimum atomic E-state index is -4.51. The first-order valence-corrected chi connectivity index (χ1v) is 9.66. The lowest BCUT2D eigenvalue weighted by molar-refractivity contribution is -0.143. The second-order valence-electron chi connectivity index (χ2n) is 6.50. The Labute approximate surface area is 170 Å². The van der Waals surface area contributed by atoms with Gasteiger partial charge in [-0.25, -0.2) is 9.78 Å². The van der Waals surface area contributed by atoms with Crippen LogP contribution >= 0.6 is 11.3 Å². The second kappa shape index (κ2) is 10.0. The number of hydrogen-bond acceptors (Lipinski definition) is 7. The normalized spacial score (nSPS) is 13.8. The number of carbonyl (C=O) groups is 1. The van der Waals surface area contributed by atoms with Gasteiger partial charge in [0.25, 0.3) is 0 Å². The predicted octanol–water partition coefficient (Wildman–Crippen LogP) is 3.28. The molecule has 10 heteroatoms. The summed E-state index contributed by atoms with van der Waals surface area (Å²) in [6, 6.07) is 7.15. The van der Waals surface area contributed by atoms with E-state index in [2.05, 4.69) is 15.0 Å². The van der Waals surface area contributed by atoms with Crippen LogP contribution in [0.4, 0.5) is 13.2 Å². The van der Waals surface area contributed by atoms with Gasteiger partial charge in [-0.2, -0.15) is 13.2 Å². The van der Waals surface area contributed by atoms with E-state index in [0.717, 1.165) is 5.56 Å². The Bertz CT molecular complexity index is 809. The van der Waals surface area contributed by atoms with E-state index < -0.39 is 23.3 Å². The molecule has 0 saturated heterocycles. The molecule has 1 aromatic heterocycles. The molecule has 1 heterocycles. The van der Waals surface area contributed by atoms with Gasteiger partial charge in [0.1, 0.15) is 11.9 Å². The summed E-state index contributed by atoms with van der Waals surface area (Å²) in [5.74, 6) is 0.0697. The zero-order valence-corrected chi connectivity index (χ0v) is 17.1. The highest BCUT2D eigenvalue weighted by Crippen LogP contribution is 2.36. The number of hydrogen-bond donors (Lipinski definition) is 2. The summed E-state index contributed by atoms with van der Waals surface area (Å²) in [6.07, 6.45) is -4.94.